The lowest BCUT2D eigenvalue weighted by molar-refractivity contribution is 0.0947. The maximum Gasteiger partial charge on any atom is 0.252 e. The molecule has 0 bridgehead atoms. The lowest BCUT2D eigenvalue weighted by Crippen LogP contribution is -2.24. The lowest BCUT2D eigenvalue weighted by atomic mass is 10.1. The van der Waals surface area contributed by atoms with Crippen molar-refractivity contribution in [1.82, 2.24) is 10.3 Å². The Morgan fingerprint density at radius 1 is 1.40 bits per heavy atom. The Labute approximate surface area is 132 Å². The molecule has 0 unspecified atom stereocenters. The Balaban J connectivity index is 2.09. The average molecular weight is 351 g/mol. The van der Waals surface area contributed by atoms with E-state index in [0.717, 1.165) is 22.2 Å². The molecule has 0 fully saturated rings. The minimum absolute atomic E-state index is 0.143. The maximum absolute atomic E-state index is 12.1. The molecule has 1 heterocycles. The van der Waals surface area contributed by atoms with E-state index < -0.39 is 0 Å². The van der Waals surface area contributed by atoms with Crippen LogP contribution in [0.5, 0.6) is 0 Å². The minimum Gasteiger partial charge on any atom is -0.346 e. The number of amides is 1. The molecule has 2 aromatic rings. The van der Waals surface area contributed by atoms with Gasteiger partial charge in [0.2, 0.25) is 0 Å². The fraction of sp³-hybridized carbons (Fsp3) is 0.200. The van der Waals surface area contributed by atoms with Gasteiger partial charge < -0.3 is 5.32 Å². The summed E-state index contributed by atoms with van der Waals surface area (Å²) in [5.41, 5.74) is 2.61. The van der Waals surface area contributed by atoms with Gasteiger partial charge in [-0.25, -0.2) is 0 Å². The fourth-order valence-corrected chi connectivity index (χ4v) is 2.76. The van der Waals surface area contributed by atoms with Gasteiger partial charge in [0.15, 0.2) is 0 Å². The molecule has 0 spiro atoms. The number of pyridine rings is 1. The number of aryl methyl sites for hydroxylation is 1. The Hall–Kier alpha value is -1.33. The van der Waals surface area contributed by atoms with Crippen molar-refractivity contribution < 1.29 is 4.79 Å². The molecule has 0 saturated carbocycles. The van der Waals surface area contributed by atoms with Gasteiger partial charge in [0, 0.05) is 15.6 Å². The van der Waals surface area contributed by atoms with Crippen LogP contribution in [0.4, 0.5) is 0 Å². The zero-order valence-electron chi connectivity index (χ0n) is 11.1. The zero-order chi connectivity index (χ0) is 14.5. The van der Waals surface area contributed by atoms with Crippen LogP contribution in [0.2, 0.25) is 0 Å². The molecule has 1 aromatic heterocycles. The molecule has 0 saturated heterocycles. The summed E-state index contributed by atoms with van der Waals surface area (Å²) in [4.78, 5) is 17.1. The van der Waals surface area contributed by atoms with Crippen molar-refractivity contribution in [3.05, 3.63) is 57.8 Å². The Kier molecular flexibility index (Phi) is 5.20. The number of thiol groups is 1. The van der Waals surface area contributed by atoms with Gasteiger partial charge in [0.25, 0.3) is 5.91 Å². The number of hydrogen-bond donors (Lipinski definition) is 2. The van der Waals surface area contributed by atoms with Crippen LogP contribution in [0.15, 0.2) is 45.9 Å². The summed E-state index contributed by atoms with van der Waals surface area (Å²) in [6, 6.07) is 9.31. The molecular formula is C15H15BrN2OS. The van der Waals surface area contributed by atoms with Crippen molar-refractivity contribution in [3.63, 3.8) is 0 Å². The van der Waals surface area contributed by atoms with Crippen molar-refractivity contribution in [2.75, 3.05) is 0 Å². The number of aromatic nitrogens is 1. The van der Waals surface area contributed by atoms with Crippen LogP contribution < -0.4 is 5.32 Å². The predicted octanol–water partition coefficient (Wildman–Crippen LogP) is 3.63. The first kappa shape index (κ1) is 15.1. The van der Waals surface area contributed by atoms with Crippen LogP contribution in [0, 0.1) is 0 Å². The van der Waals surface area contributed by atoms with Crippen LogP contribution in [0.3, 0.4) is 0 Å². The number of nitrogens with one attached hydrogen (secondary N) is 1. The van der Waals surface area contributed by atoms with Crippen LogP contribution in [0.25, 0.3) is 0 Å². The molecule has 0 aliphatic rings. The summed E-state index contributed by atoms with van der Waals surface area (Å²) >= 11 is 7.67. The second-order valence-electron chi connectivity index (χ2n) is 4.31. The monoisotopic (exact) mass is 350 g/mol. The van der Waals surface area contributed by atoms with E-state index >= 15 is 0 Å². The molecule has 5 heteroatoms. The van der Waals surface area contributed by atoms with Gasteiger partial charge in [0.05, 0.1) is 17.8 Å². The maximum atomic E-state index is 12.1. The van der Waals surface area contributed by atoms with E-state index in [-0.39, 0.29) is 5.91 Å². The van der Waals surface area contributed by atoms with E-state index in [2.05, 4.69) is 45.8 Å². The smallest absolute Gasteiger partial charge is 0.252 e. The van der Waals surface area contributed by atoms with E-state index in [9.17, 15) is 4.79 Å². The highest BCUT2D eigenvalue weighted by atomic mass is 79.9. The summed E-state index contributed by atoms with van der Waals surface area (Å²) < 4.78 is 0.900. The molecule has 0 aliphatic carbocycles. The first-order chi connectivity index (χ1) is 9.61. The highest BCUT2D eigenvalue weighted by molar-refractivity contribution is 9.10. The topological polar surface area (TPSA) is 42.0 Å². The van der Waals surface area contributed by atoms with Crippen molar-refractivity contribution in [2.45, 2.75) is 24.8 Å². The normalized spacial score (nSPS) is 10.3. The van der Waals surface area contributed by atoms with E-state index in [1.165, 1.54) is 0 Å². The number of hydrogen-bond acceptors (Lipinski definition) is 3. The summed E-state index contributed by atoms with van der Waals surface area (Å²) in [5.74, 6) is -0.143. The highest BCUT2D eigenvalue weighted by Gasteiger charge is 2.10. The van der Waals surface area contributed by atoms with E-state index in [4.69, 9.17) is 0 Å². The molecule has 0 aliphatic heterocycles. The van der Waals surface area contributed by atoms with Gasteiger partial charge in [-0.2, -0.15) is 0 Å². The van der Waals surface area contributed by atoms with Crippen LogP contribution in [0.1, 0.15) is 28.5 Å². The zero-order valence-corrected chi connectivity index (χ0v) is 13.5. The molecule has 0 atom stereocenters. The molecule has 104 valence electrons. The van der Waals surface area contributed by atoms with Crippen LogP contribution in [-0.4, -0.2) is 10.9 Å². The third-order valence-electron chi connectivity index (χ3n) is 2.99. The standard InChI is InChI=1S/C15H15BrN2OS/c1-2-10-4-3-7-17-13(10)9-18-15(19)12-6-5-11(16)8-14(12)20/h3-8,20H,2,9H2,1H3,(H,18,19). The number of carbonyl (C=O) groups excluding carboxylic acids is 1. The molecule has 3 nitrogen and oxygen atoms in total. The van der Waals surface area contributed by atoms with E-state index in [1.54, 1.807) is 18.3 Å². The molecule has 2 rings (SSSR count). The summed E-state index contributed by atoms with van der Waals surface area (Å²) in [6.07, 6.45) is 2.64. The lowest BCUT2D eigenvalue weighted by Gasteiger charge is -2.09. The summed E-state index contributed by atoms with van der Waals surface area (Å²) in [5, 5.41) is 2.88. The Morgan fingerprint density at radius 3 is 2.90 bits per heavy atom. The highest BCUT2D eigenvalue weighted by Crippen LogP contribution is 2.19. The molecule has 1 aromatic carbocycles. The Morgan fingerprint density at radius 2 is 2.20 bits per heavy atom. The molecule has 0 radical (unpaired) electrons. The number of nitrogens with zero attached hydrogens (tertiary/aromatic N) is 1. The number of halogens is 1. The summed E-state index contributed by atoms with van der Waals surface area (Å²) in [7, 11) is 0. The molecule has 1 N–H and O–H groups in total. The minimum atomic E-state index is -0.143. The van der Waals surface area contributed by atoms with Crippen molar-refractivity contribution in [1.29, 1.82) is 0 Å². The molecule has 20 heavy (non-hydrogen) atoms. The van der Waals surface area contributed by atoms with Gasteiger partial charge in [-0.05, 0) is 36.2 Å². The third kappa shape index (κ3) is 3.61. The quantitative estimate of drug-likeness (QED) is 0.826. The number of benzene rings is 1. The van der Waals surface area contributed by atoms with Gasteiger partial charge >= 0.3 is 0 Å². The molecular weight excluding hydrogens is 336 g/mol. The SMILES string of the molecule is CCc1cccnc1CNC(=O)c1ccc(Br)cc1S. The van der Waals surface area contributed by atoms with Crippen molar-refractivity contribution in [3.8, 4) is 0 Å². The second-order valence-corrected chi connectivity index (χ2v) is 5.70. The first-order valence-corrected chi connectivity index (χ1v) is 7.55. The number of rotatable bonds is 4. The Bertz CT molecular complexity index is 631. The second kappa shape index (κ2) is 6.90. The van der Waals surface area contributed by atoms with E-state index in [1.807, 2.05) is 18.2 Å². The molecule has 1 amide bonds. The first-order valence-electron chi connectivity index (χ1n) is 6.31. The number of carbonyl (C=O) groups is 1. The van der Waals surface area contributed by atoms with Gasteiger partial charge in [0.1, 0.15) is 0 Å². The third-order valence-corrected chi connectivity index (χ3v) is 3.85. The average Bonchev–Trinajstić information content (AvgIpc) is 2.45. The van der Waals surface area contributed by atoms with Gasteiger partial charge in [-0.1, -0.05) is 28.9 Å². The summed E-state index contributed by atoms with van der Waals surface area (Å²) in [6.45, 7) is 2.50. The largest absolute Gasteiger partial charge is 0.346 e. The fourth-order valence-electron chi connectivity index (χ4n) is 1.91. The van der Waals surface area contributed by atoms with Gasteiger partial charge in [-0.15, -0.1) is 12.6 Å². The van der Waals surface area contributed by atoms with Gasteiger partial charge in [-0.3, -0.25) is 9.78 Å². The predicted molar refractivity (Wildman–Crippen MR) is 86.2 cm³/mol. The van der Waals surface area contributed by atoms with E-state index in [0.29, 0.717) is 17.0 Å². The van der Waals surface area contributed by atoms with Crippen LogP contribution in [-0.2, 0) is 13.0 Å². The van der Waals surface area contributed by atoms with Crippen LogP contribution >= 0.6 is 28.6 Å². The van der Waals surface area contributed by atoms with Crippen molar-refractivity contribution in [2.24, 2.45) is 0 Å². The van der Waals surface area contributed by atoms with Crippen molar-refractivity contribution >= 4 is 34.5 Å².